The third-order valence-corrected chi connectivity index (χ3v) is 1.05. The van der Waals surface area contributed by atoms with Gasteiger partial charge in [-0.2, -0.15) is 0 Å². The molecule has 0 aliphatic heterocycles. The lowest BCUT2D eigenvalue weighted by atomic mass is 9.96. The van der Waals surface area contributed by atoms with Gasteiger partial charge in [-0.05, 0) is 0 Å². The van der Waals surface area contributed by atoms with Gasteiger partial charge in [0.2, 0.25) is 0 Å². The van der Waals surface area contributed by atoms with Crippen molar-refractivity contribution in [1.82, 2.24) is 4.90 Å². The minimum atomic E-state index is -0.369. The van der Waals surface area contributed by atoms with Crippen LogP contribution in [0.25, 0.3) is 0 Å². The fraction of sp³-hybridized carbons (Fsp3) is 0.750. The van der Waals surface area contributed by atoms with Crippen molar-refractivity contribution in [2.45, 2.75) is 20.8 Å². The van der Waals surface area contributed by atoms with E-state index in [0.717, 1.165) is 0 Å². The SMILES string of the molecule is CN(C)C=NC(=O)C(C)(C)C. The summed E-state index contributed by atoms with van der Waals surface area (Å²) in [4.78, 5) is 16.6. The van der Waals surface area contributed by atoms with Crippen LogP contribution in [0.4, 0.5) is 0 Å². The Morgan fingerprint density at radius 1 is 1.36 bits per heavy atom. The van der Waals surface area contributed by atoms with Gasteiger partial charge in [-0.15, -0.1) is 0 Å². The first-order chi connectivity index (χ1) is 4.84. The average Bonchev–Trinajstić information content (AvgIpc) is 1.80. The summed E-state index contributed by atoms with van der Waals surface area (Å²) in [6.45, 7) is 5.55. The van der Waals surface area contributed by atoms with E-state index in [1.54, 1.807) is 4.90 Å². The van der Waals surface area contributed by atoms with Gasteiger partial charge in [0.05, 0.1) is 6.34 Å². The summed E-state index contributed by atoms with van der Waals surface area (Å²) in [5.74, 6) is -0.0915. The second-order valence-corrected chi connectivity index (χ2v) is 3.76. The lowest BCUT2D eigenvalue weighted by Gasteiger charge is -2.12. The van der Waals surface area contributed by atoms with Crippen molar-refractivity contribution in [3.63, 3.8) is 0 Å². The average molecular weight is 156 g/mol. The summed E-state index contributed by atoms with van der Waals surface area (Å²) < 4.78 is 0. The van der Waals surface area contributed by atoms with E-state index >= 15 is 0 Å². The van der Waals surface area contributed by atoms with E-state index in [1.807, 2.05) is 34.9 Å². The molecule has 0 aromatic carbocycles. The summed E-state index contributed by atoms with van der Waals surface area (Å²) in [6, 6.07) is 0. The van der Waals surface area contributed by atoms with Crippen molar-refractivity contribution in [1.29, 1.82) is 0 Å². The highest BCUT2D eigenvalue weighted by Gasteiger charge is 2.19. The Hall–Kier alpha value is -0.860. The third kappa shape index (κ3) is 4.53. The van der Waals surface area contributed by atoms with Crippen LogP contribution in [0.15, 0.2) is 4.99 Å². The van der Waals surface area contributed by atoms with Crippen molar-refractivity contribution in [2.24, 2.45) is 10.4 Å². The molecule has 0 atom stereocenters. The van der Waals surface area contributed by atoms with E-state index < -0.39 is 0 Å². The lowest BCUT2D eigenvalue weighted by Crippen LogP contribution is -2.19. The first-order valence-corrected chi connectivity index (χ1v) is 3.59. The molecule has 0 N–H and O–H groups in total. The fourth-order valence-electron chi connectivity index (χ4n) is 0.362. The zero-order chi connectivity index (χ0) is 9.07. The summed E-state index contributed by atoms with van der Waals surface area (Å²) in [6.07, 6.45) is 1.52. The second kappa shape index (κ2) is 3.51. The molecule has 0 heterocycles. The maximum Gasteiger partial charge on any atom is 0.252 e. The highest BCUT2D eigenvalue weighted by atomic mass is 16.1. The molecular weight excluding hydrogens is 140 g/mol. The maximum absolute atomic E-state index is 11.1. The van der Waals surface area contributed by atoms with E-state index in [9.17, 15) is 4.79 Å². The van der Waals surface area contributed by atoms with Crippen LogP contribution in [0, 0.1) is 5.41 Å². The molecular formula is C8H16N2O. The molecule has 0 aliphatic rings. The van der Waals surface area contributed by atoms with Crippen LogP contribution in [-0.4, -0.2) is 31.2 Å². The molecule has 0 aromatic rings. The van der Waals surface area contributed by atoms with E-state index in [4.69, 9.17) is 0 Å². The van der Waals surface area contributed by atoms with Gasteiger partial charge in [0, 0.05) is 19.5 Å². The minimum absolute atomic E-state index is 0.0915. The fourth-order valence-corrected chi connectivity index (χ4v) is 0.362. The van der Waals surface area contributed by atoms with Crippen molar-refractivity contribution >= 4 is 12.2 Å². The smallest absolute Gasteiger partial charge is 0.252 e. The zero-order valence-electron chi connectivity index (χ0n) is 7.88. The van der Waals surface area contributed by atoms with Crippen LogP contribution in [-0.2, 0) is 4.79 Å². The monoisotopic (exact) mass is 156 g/mol. The summed E-state index contributed by atoms with van der Waals surface area (Å²) in [5, 5.41) is 0. The lowest BCUT2D eigenvalue weighted by molar-refractivity contribution is -0.124. The molecule has 1 amide bonds. The van der Waals surface area contributed by atoms with Gasteiger partial charge in [0.1, 0.15) is 0 Å². The molecule has 0 fully saturated rings. The van der Waals surface area contributed by atoms with Crippen LogP contribution in [0.3, 0.4) is 0 Å². The number of hydrogen-bond acceptors (Lipinski definition) is 1. The largest absolute Gasteiger partial charge is 0.369 e. The second-order valence-electron chi connectivity index (χ2n) is 3.76. The molecule has 0 unspecified atom stereocenters. The van der Waals surface area contributed by atoms with Gasteiger partial charge >= 0.3 is 0 Å². The van der Waals surface area contributed by atoms with Gasteiger partial charge in [-0.1, -0.05) is 20.8 Å². The number of rotatable bonds is 1. The predicted octanol–water partition coefficient (Wildman–Crippen LogP) is 1.15. The molecule has 0 saturated carbocycles. The molecule has 0 spiro atoms. The molecule has 0 saturated heterocycles. The number of aliphatic imine (C=N–C) groups is 1. The maximum atomic E-state index is 11.1. The Morgan fingerprint density at radius 3 is 2.09 bits per heavy atom. The summed E-state index contributed by atoms with van der Waals surface area (Å²) in [7, 11) is 3.67. The Balaban J connectivity index is 4.09. The predicted molar refractivity (Wildman–Crippen MR) is 46.6 cm³/mol. The van der Waals surface area contributed by atoms with Crippen LogP contribution in [0.5, 0.6) is 0 Å². The van der Waals surface area contributed by atoms with Crippen molar-refractivity contribution < 1.29 is 4.79 Å². The summed E-state index contributed by atoms with van der Waals surface area (Å²) in [5.41, 5.74) is -0.369. The van der Waals surface area contributed by atoms with Crippen LogP contribution < -0.4 is 0 Å². The Labute approximate surface area is 68.1 Å². The highest BCUT2D eigenvalue weighted by Crippen LogP contribution is 2.14. The van der Waals surface area contributed by atoms with Gasteiger partial charge in [-0.25, -0.2) is 4.99 Å². The zero-order valence-corrected chi connectivity index (χ0v) is 7.88. The van der Waals surface area contributed by atoms with Crippen molar-refractivity contribution in [3.05, 3.63) is 0 Å². The molecule has 11 heavy (non-hydrogen) atoms. The van der Waals surface area contributed by atoms with E-state index in [0.29, 0.717) is 0 Å². The molecule has 0 aliphatic carbocycles. The standard InChI is InChI=1S/C8H16N2O/c1-8(2,3)7(11)9-6-10(4)5/h6H,1-5H3. The van der Waals surface area contributed by atoms with Gasteiger partial charge in [-0.3, -0.25) is 4.79 Å². The van der Waals surface area contributed by atoms with Gasteiger partial charge in [0.15, 0.2) is 0 Å². The summed E-state index contributed by atoms with van der Waals surface area (Å²) >= 11 is 0. The number of nitrogens with zero attached hydrogens (tertiary/aromatic N) is 2. The van der Waals surface area contributed by atoms with E-state index in [-0.39, 0.29) is 11.3 Å². The van der Waals surface area contributed by atoms with Crippen LogP contribution in [0.2, 0.25) is 0 Å². The molecule has 0 rings (SSSR count). The third-order valence-electron chi connectivity index (χ3n) is 1.05. The number of hydrogen-bond donors (Lipinski definition) is 0. The van der Waals surface area contributed by atoms with Crippen LogP contribution in [0.1, 0.15) is 20.8 Å². The molecule has 64 valence electrons. The quantitative estimate of drug-likeness (QED) is 0.421. The molecule has 3 nitrogen and oxygen atoms in total. The number of carbonyl (C=O) groups is 1. The first-order valence-electron chi connectivity index (χ1n) is 3.59. The Bertz CT molecular complexity index is 165. The van der Waals surface area contributed by atoms with E-state index in [1.165, 1.54) is 6.34 Å². The van der Waals surface area contributed by atoms with Crippen molar-refractivity contribution in [2.75, 3.05) is 14.1 Å². The first kappa shape index (κ1) is 10.1. The molecule has 0 aromatic heterocycles. The molecule has 0 bridgehead atoms. The topological polar surface area (TPSA) is 32.7 Å². The normalized spacial score (nSPS) is 12.1. The highest BCUT2D eigenvalue weighted by molar-refractivity contribution is 5.88. The minimum Gasteiger partial charge on any atom is -0.369 e. The number of carbonyl (C=O) groups excluding carboxylic acids is 1. The molecule has 3 heteroatoms. The van der Waals surface area contributed by atoms with E-state index in [2.05, 4.69) is 4.99 Å². The van der Waals surface area contributed by atoms with Gasteiger partial charge < -0.3 is 4.90 Å². The Morgan fingerprint density at radius 2 is 1.82 bits per heavy atom. The molecule has 0 radical (unpaired) electrons. The number of amides is 1. The van der Waals surface area contributed by atoms with Gasteiger partial charge in [0.25, 0.3) is 5.91 Å². The van der Waals surface area contributed by atoms with Crippen molar-refractivity contribution in [3.8, 4) is 0 Å². The van der Waals surface area contributed by atoms with Crippen LogP contribution >= 0.6 is 0 Å². The Kier molecular flexibility index (Phi) is 3.23.